The second-order valence-electron chi connectivity index (χ2n) is 17.8. The minimum absolute atomic E-state index is 0.0210. The van der Waals surface area contributed by atoms with E-state index >= 15 is 0 Å². The van der Waals surface area contributed by atoms with E-state index in [1.165, 1.54) is 0 Å². The van der Waals surface area contributed by atoms with E-state index in [2.05, 4.69) is 27.7 Å². The van der Waals surface area contributed by atoms with Gasteiger partial charge in [0.2, 0.25) is 0 Å². The smallest absolute Gasteiger partial charge is 0.308 e. The molecule has 1 N–H and O–H groups in total. The fourth-order valence-corrected chi connectivity index (χ4v) is 6.90. The molecule has 13 nitrogen and oxygen atoms in total. The molecule has 13 heteroatoms. The summed E-state index contributed by atoms with van der Waals surface area (Å²) in [5.41, 5.74) is 0. The third-order valence-corrected chi connectivity index (χ3v) is 11.4. The first-order chi connectivity index (χ1) is 30.2. The van der Waals surface area contributed by atoms with E-state index in [0.717, 1.165) is 96.3 Å². The average Bonchev–Trinajstić information content (AvgIpc) is 3.26. The van der Waals surface area contributed by atoms with E-state index in [0.29, 0.717) is 38.5 Å². The normalized spacial score (nSPS) is 14.6. The number of ether oxygens (including phenoxy) is 6. The summed E-state index contributed by atoms with van der Waals surface area (Å²) in [6.45, 7) is 14.8. The monoisotopic (exact) mass is 899 g/mol. The number of aliphatic hydroxyl groups is 1. The first kappa shape index (κ1) is 59.8. The van der Waals surface area contributed by atoms with Gasteiger partial charge in [0, 0.05) is 12.8 Å². The molecule has 0 aliphatic carbocycles. The van der Waals surface area contributed by atoms with Crippen molar-refractivity contribution >= 4 is 35.8 Å². The molecule has 0 aromatic heterocycles. The molecule has 6 atom stereocenters. The number of aliphatic hydroxyl groups excluding tert-OH is 1. The Balaban J connectivity index is 5.11. The quantitative estimate of drug-likeness (QED) is 0.0348. The molecule has 0 amide bonds. The van der Waals surface area contributed by atoms with Crippen LogP contribution in [0.25, 0.3) is 0 Å². The number of hydrogen-bond acceptors (Lipinski definition) is 13. The van der Waals surface area contributed by atoms with Crippen LogP contribution in [0.5, 0.6) is 0 Å². The Labute approximate surface area is 381 Å². The Morgan fingerprint density at radius 1 is 0.365 bits per heavy atom. The van der Waals surface area contributed by atoms with Crippen LogP contribution in [0.1, 0.15) is 216 Å². The molecule has 0 aromatic rings. The highest BCUT2D eigenvalue weighted by molar-refractivity contribution is 5.74. The third-order valence-electron chi connectivity index (χ3n) is 11.4. The van der Waals surface area contributed by atoms with E-state index in [1.54, 1.807) is 6.92 Å². The third kappa shape index (κ3) is 33.0. The van der Waals surface area contributed by atoms with Gasteiger partial charge in [-0.05, 0) is 51.4 Å². The highest BCUT2D eigenvalue weighted by atomic mass is 16.6. The summed E-state index contributed by atoms with van der Waals surface area (Å²) in [6.07, 6.45) is 16.6. The highest BCUT2D eigenvalue weighted by Crippen LogP contribution is 2.18. The Hall–Kier alpha value is -3.22. The summed E-state index contributed by atoms with van der Waals surface area (Å²) in [5.74, 6) is -3.95. The van der Waals surface area contributed by atoms with Crippen molar-refractivity contribution in [2.45, 2.75) is 234 Å². The average molecular weight is 899 g/mol. The number of rotatable bonds is 41. The van der Waals surface area contributed by atoms with Crippen LogP contribution in [-0.4, -0.2) is 85.7 Å². The molecule has 63 heavy (non-hydrogen) atoms. The van der Waals surface area contributed by atoms with Crippen LogP contribution in [0.3, 0.4) is 0 Å². The van der Waals surface area contributed by atoms with Gasteiger partial charge in [-0.15, -0.1) is 0 Å². The molecule has 0 radical (unpaired) electrons. The van der Waals surface area contributed by atoms with Crippen LogP contribution in [-0.2, 0) is 57.2 Å². The lowest BCUT2D eigenvalue weighted by Gasteiger charge is -2.21. The van der Waals surface area contributed by atoms with E-state index in [-0.39, 0.29) is 75.8 Å². The fraction of sp³-hybridized carbons (Fsp3) is 0.880. The Morgan fingerprint density at radius 2 is 0.619 bits per heavy atom. The van der Waals surface area contributed by atoms with Crippen molar-refractivity contribution in [3.63, 3.8) is 0 Å². The van der Waals surface area contributed by atoms with Gasteiger partial charge >= 0.3 is 35.8 Å². The first-order valence-electron chi connectivity index (χ1n) is 24.9. The summed E-state index contributed by atoms with van der Waals surface area (Å²) in [7, 11) is 0. The maximum Gasteiger partial charge on any atom is 0.308 e. The van der Waals surface area contributed by atoms with Gasteiger partial charge in [0.1, 0.15) is 26.4 Å². The zero-order chi connectivity index (χ0) is 47.3. The van der Waals surface area contributed by atoms with Gasteiger partial charge in [0.15, 0.2) is 12.2 Å². The summed E-state index contributed by atoms with van der Waals surface area (Å²) in [5, 5.41) is 10.6. The van der Waals surface area contributed by atoms with Crippen LogP contribution in [0.15, 0.2) is 0 Å². The lowest BCUT2D eigenvalue weighted by molar-refractivity contribution is -0.169. The number of carbonyl (C=O) groups excluding carboxylic acids is 6. The largest absolute Gasteiger partial charge is 0.461 e. The lowest BCUT2D eigenvalue weighted by atomic mass is 10.0. The van der Waals surface area contributed by atoms with Gasteiger partial charge in [0.05, 0.1) is 29.8 Å². The summed E-state index contributed by atoms with van der Waals surface area (Å²) >= 11 is 0. The van der Waals surface area contributed by atoms with E-state index in [1.807, 2.05) is 20.8 Å². The molecular formula is C50H90O13. The Morgan fingerprint density at radius 3 is 0.889 bits per heavy atom. The van der Waals surface area contributed by atoms with Crippen molar-refractivity contribution in [1.29, 1.82) is 0 Å². The van der Waals surface area contributed by atoms with Crippen molar-refractivity contribution in [3.05, 3.63) is 0 Å². The minimum atomic E-state index is -0.968. The van der Waals surface area contributed by atoms with Crippen molar-refractivity contribution in [2.75, 3.05) is 26.4 Å². The number of carbonyl (C=O) groups is 6. The van der Waals surface area contributed by atoms with Gasteiger partial charge < -0.3 is 33.5 Å². The maximum atomic E-state index is 12.9. The van der Waals surface area contributed by atoms with Gasteiger partial charge in [-0.3, -0.25) is 28.8 Å². The molecular weight excluding hydrogens is 809 g/mol. The zero-order valence-electron chi connectivity index (χ0n) is 40.9. The molecule has 0 aromatic carbocycles. The van der Waals surface area contributed by atoms with Gasteiger partial charge in [-0.2, -0.15) is 0 Å². The minimum Gasteiger partial charge on any atom is -0.461 e. The number of hydrogen-bond donors (Lipinski definition) is 1. The van der Waals surface area contributed by atoms with Crippen molar-refractivity contribution in [1.82, 2.24) is 0 Å². The molecule has 0 heterocycles. The molecule has 0 aliphatic heterocycles. The van der Waals surface area contributed by atoms with Crippen LogP contribution in [0.2, 0.25) is 0 Å². The second-order valence-corrected chi connectivity index (χ2v) is 17.8. The van der Waals surface area contributed by atoms with Crippen LogP contribution in [0.4, 0.5) is 0 Å². The SMILES string of the molecule is CCCCCCC(C)C(=O)OCC(COC(=O)C(C)CCCCC)OC(=O)CCCC(O)CCCC(=O)OC(COC(=O)C(C)CCCCCC)COC(=O)C(C)CCCCCC. The van der Waals surface area contributed by atoms with E-state index < -0.39 is 54.1 Å². The molecule has 368 valence electrons. The predicted octanol–water partition coefficient (Wildman–Crippen LogP) is 10.7. The van der Waals surface area contributed by atoms with Gasteiger partial charge in [-0.25, -0.2) is 0 Å². The van der Waals surface area contributed by atoms with Crippen LogP contribution >= 0.6 is 0 Å². The van der Waals surface area contributed by atoms with Crippen LogP contribution in [0, 0.1) is 23.7 Å². The molecule has 0 rings (SSSR count). The summed E-state index contributed by atoms with van der Waals surface area (Å²) in [4.78, 5) is 76.5. The Bertz CT molecular complexity index is 1190. The topological polar surface area (TPSA) is 178 Å². The summed E-state index contributed by atoms with van der Waals surface area (Å²) in [6, 6.07) is 0. The molecule has 0 fully saturated rings. The van der Waals surface area contributed by atoms with E-state index in [4.69, 9.17) is 28.4 Å². The van der Waals surface area contributed by atoms with Gasteiger partial charge in [0.25, 0.3) is 0 Å². The predicted molar refractivity (Wildman–Crippen MR) is 244 cm³/mol. The highest BCUT2D eigenvalue weighted by Gasteiger charge is 2.25. The molecule has 0 spiro atoms. The van der Waals surface area contributed by atoms with Crippen molar-refractivity contribution in [3.8, 4) is 0 Å². The Kier molecular flexibility index (Phi) is 37.2. The van der Waals surface area contributed by atoms with Crippen molar-refractivity contribution < 1.29 is 62.3 Å². The summed E-state index contributed by atoms with van der Waals surface area (Å²) < 4.78 is 33.2. The standard InChI is InChI=1S/C50H90O13/c1-9-13-17-21-27-39(6)48(55)59-35-43(34-58-47(54)38(5)26-20-16-12-4)62-45(52)32-24-30-42(51)31-25-33-46(53)63-44(36-60-49(56)40(7)28-22-18-14-10-2)37-61-50(57)41(8)29-23-19-15-11-3/h38-44,51H,9-37H2,1-8H3. The molecule has 6 unspecified atom stereocenters. The maximum absolute atomic E-state index is 12.9. The van der Waals surface area contributed by atoms with Crippen LogP contribution < -0.4 is 0 Å². The molecule has 0 saturated carbocycles. The zero-order valence-corrected chi connectivity index (χ0v) is 40.9. The lowest BCUT2D eigenvalue weighted by Crippen LogP contribution is -2.32. The second kappa shape index (κ2) is 39.2. The first-order valence-corrected chi connectivity index (χ1v) is 24.9. The number of unbranched alkanes of at least 4 members (excludes halogenated alkanes) is 11. The van der Waals surface area contributed by atoms with E-state index in [9.17, 15) is 33.9 Å². The number of esters is 6. The van der Waals surface area contributed by atoms with Gasteiger partial charge in [-0.1, -0.05) is 152 Å². The molecule has 0 saturated heterocycles. The van der Waals surface area contributed by atoms with Crippen molar-refractivity contribution in [2.24, 2.45) is 23.7 Å². The molecule has 0 bridgehead atoms. The molecule has 0 aliphatic rings. The fourth-order valence-electron chi connectivity index (χ4n) is 6.90.